The van der Waals surface area contributed by atoms with Crippen LogP contribution in [0.4, 0.5) is 29.5 Å². The monoisotopic (exact) mass is 791 g/mol. The molecule has 1 aliphatic heterocycles. The molecule has 0 bridgehead atoms. The topological polar surface area (TPSA) is 287 Å². The Hall–Kier alpha value is -4.23. The number of rotatable bonds is 10. The normalized spacial score (nSPS) is 23.7. The van der Waals surface area contributed by atoms with Gasteiger partial charge in [0.05, 0.1) is 23.0 Å². The Morgan fingerprint density at radius 1 is 1.02 bits per heavy atom. The third-order valence-corrected chi connectivity index (χ3v) is 13.7. The molecule has 3 aliphatic rings. The number of hydrogen-bond acceptors (Lipinski definition) is 11. The van der Waals surface area contributed by atoms with Gasteiger partial charge in [-0.15, -0.1) is 0 Å². The molecule has 5 rings (SSSR count). The number of nitrogens with two attached hydrogens (primary N) is 1. The fraction of sp³-hybridized carbons (Fsp3) is 0.467. The molecule has 2 aromatic rings. The number of imide groups is 1. The highest BCUT2D eigenvalue weighted by Gasteiger charge is 2.65. The Kier molecular flexibility index (Phi) is 10.5. The minimum absolute atomic E-state index is 0.0137. The smallest absolute Gasteiger partial charge is 0.412 e. The van der Waals surface area contributed by atoms with E-state index in [9.17, 15) is 66.6 Å². The van der Waals surface area contributed by atoms with Gasteiger partial charge in [0, 0.05) is 24.6 Å². The number of anilines is 2. The quantitative estimate of drug-likeness (QED) is 0.134. The van der Waals surface area contributed by atoms with Gasteiger partial charge in [0.2, 0.25) is 11.8 Å². The number of carbonyl (C=O) groups excluding carboxylic acids is 4. The van der Waals surface area contributed by atoms with E-state index in [-0.39, 0.29) is 30.0 Å². The van der Waals surface area contributed by atoms with Crippen LogP contribution in [0.25, 0.3) is 0 Å². The zero-order valence-electron chi connectivity index (χ0n) is 27.9. The first kappa shape index (κ1) is 40.0. The van der Waals surface area contributed by atoms with Crippen molar-refractivity contribution < 1.29 is 75.7 Å². The van der Waals surface area contributed by atoms with Crippen molar-refractivity contribution in [2.45, 2.75) is 62.7 Å². The Morgan fingerprint density at radius 3 is 2.11 bits per heavy atom. The number of hydrogen-bond donors (Lipinski definition) is 7. The molecule has 8 N–H and O–H groups in total. The van der Waals surface area contributed by atoms with Crippen LogP contribution in [0.15, 0.2) is 24.3 Å². The number of pyridine rings is 1. The molecule has 2 fully saturated rings. The van der Waals surface area contributed by atoms with E-state index in [2.05, 4.69) is 4.98 Å². The molecule has 1 aromatic carbocycles. The van der Waals surface area contributed by atoms with Crippen molar-refractivity contribution in [3.05, 3.63) is 53.0 Å². The van der Waals surface area contributed by atoms with Crippen LogP contribution in [0, 0.1) is 35.2 Å². The summed E-state index contributed by atoms with van der Waals surface area (Å²) in [4.78, 5) is 109. The van der Waals surface area contributed by atoms with Gasteiger partial charge in [0.1, 0.15) is 35.2 Å². The van der Waals surface area contributed by atoms with Crippen LogP contribution in [0.1, 0.15) is 55.6 Å². The number of benzene rings is 1. The van der Waals surface area contributed by atoms with E-state index in [1.807, 2.05) is 5.32 Å². The minimum Gasteiger partial charge on any atom is -0.481 e. The number of Topliss-reactive ketones (excluding diaryl/α,β-unsaturated/α-hetero) is 1. The van der Waals surface area contributed by atoms with Crippen molar-refractivity contribution in [3.8, 4) is 0 Å². The maximum Gasteiger partial charge on any atom is 0.412 e. The predicted octanol–water partition coefficient (Wildman–Crippen LogP) is 1.87. The third-order valence-electron chi connectivity index (χ3n) is 9.82. The van der Waals surface area contributed by atoms with Gasteiger partial charge in [-0.2, -0.15) is 0 Å². The molecular formula is C30H34F3N5O13P2. The van der Waals surface area contributed by atoms with Crippen molar-refractivity contribution >= 4 is 56.4 Å². The molecule has 0 spiro atoms. The number of nitrogens with one attached hydrogen (secondary N) is 1. The minimum atomic E-state index is -5.89. The predicted molar refractivity (Wildman–Crippen MR) is 173 cm³/mol. The standard InChI is InChI=1S/C30H34F3N5O13P2/c1-11(34)26(40)36-27(41)12(2)38(29(44)51-30(3,52(45,46)47)53(48,49)50)23-15-6-13(7-16(15)23)22-20(33)9-17-24(39)18(28(42)43)10-37(25(17)35-22)21-5-4-14(31)8-19(21)32/h4-5,8-9,11-13,15-16,18,23H,6-7,10,34H2,1-3H3,(H,42,43)(H,36,40,41)(H2,45,46,47)(H2,48,49,50)/t11-,12?,13?,15-,16+,18?,23+/m0/s1. The fourth-order valence-electron chi connectivity index (χ4n) is 6.76. The Morgan fingerprint density at radius 2 is 1.60 bits per heavy atom. The second-order valence-corrected chi connectivity index (χ2v) is 17.5. The number of fused-ring (bicyclic) bond motifs is 2. The summed E-state index contributed by atoms with van der Waals surface area (Å²) in [5.74, 6) is -11.8. The summed E-state index contributed by atoms with van der Waals surface area (Å²) >= 11 is 0. The molecule has 3 amide bonds. The Balaban J connectivity index is 1.47. The molecule has 23 heteroatoms. The summed E-state index contributed by atoms with van der Waals surface area (Å²) in [7, 11) is -11.8. The number of carbonyl (C=O) groups is 5. The number of ether oxygens (including phenoxy) is 1. The Labute approximate surface area is 297 Å². The van der Waals surface area contributed by atoms with Crippen LogP contribution in [-0.4, -0.2) is 94.0 Å². The van der Waals surface area contributed by atoms with Gasteiger partial charge >= 0.3 is 32.3 Å². The molecule has 1 aromatic heterocycles. The number of carboxylic acids is 1. The molecular weight excluding hydrogens is 757 g/mol. The molecule has 7 atom stereocenters. The highest BCUT2D eigenvalue weighted by molar-refractivity contribution is 7.72. The number of carboxylic acid groups (broad SMARTS) is 1. The second kappa shape index (κ2) is 13.9. The van der Waals surface area contributed by atoms with Crippen LogP contribution in [0.2, 0.25) is 0 Å². The average Bonchev–Trinajstić information content (AvgIpc) is 3.49. The van der Waals surface area contributed by atoms with E-state index >= 15 is 4.39 Å². The van der Waals surface area contributed by atoms with E-state index < -0.39 is 121 Å². The molecule has 2 saturated carbocycles. The van der Waals surface area contributed by atoms with Crippen LogP contribution in [-0.2, 0) is 28.3 Å². The summed E-state index contributed by atoms with van der Waals surface area (Å²) < 4.78 is 73.5. The maximum absolute atomic E-state index is 15.7. The van der Waals surface area contributed by atoms with E-state index in [4.69, 9.17) is 10.5 Å². The fourth-order valence-corrected chi connectivity index (χ4v) is 8.51. The van der Waals surface area contributed by atoms with Gasteiger partial charge in [-0.05, 0) is 63.6 Å². The van der Waals surface area contributed by atoms with Crippen LogP contribution in [0.5, 0.6) is 0 Å². The Bertz CT molecular complexity index is 1980. The molecule has 2 aliphatic carbocycles. The van der Waals surface area contributed by atoms with Crippen molar-refractivity contribution in [1.29, 1.82) is 0 Å². The lowest BCUT2D eigenvalue weighted by molar-refractivity contribution is -0.140. The number of aromatic nitrogens is 1. The lowest BCUT2D eigenvalue weighted by Crippen LogP contribution is -2.54. The van der Waals surface area contributed by atoms with Crippen LogP contribution >= 0.6 is 15.2 Å². The zero-order valence-corrected chi connectivity index (χ0v) is 29.7. The van der Waals surface area contributed by atoms with Gasteiger partial charge in [-0.25, -0.2) is 22.9 Å². The lowest BCUT2D eigenvalue weighted by Gasteiger charge is -2.36. The number of aliphatic carboxylic acids is 1. The first-order valence-corrected chi connectivity index (χ1v) is 19.0. The largest absolute Gasteiger partial charge is 0.481 e. The van der Waals surface area contributed by atoms with Gasteiger partial charge in [-0.1, -0.05) is 0 Å². The molecule has 53 heavy (non-hydrogen) atoms. The average molecular weight is 792 g/mol. The second-order valence-electron chi connectivity index (χ2n) is 13.3. The zero-order chi connectivity index (χ0) is 39.7. The van der Waals surface area contributed by atoms with Gasteiger partial charge < -0.3 is 40.1 Å². The van der Waals surface area contributed by atoms with E-state index in [1.165, 1.54) is 6.92 Å². The van der Waals surface area contributed by atoms with Crippen molar-refractivity contribution in [3.63, 3.8) is 0 Å². The third kappa shape index (κ3) is 7.22. The number of ketones is 1. The van der Waals surface area contributed by atoms with Gasteiger partial charge in [0.15, 0.2) is 5.78 Å². The van der Waals surface area contributed by atoms with Crippen LogP contribution < -0.4 is 16.0 Å². The van der Waals surface area contributed by atoms with E-state index in [0.717, 1.165) is 30.0 Å². The number of amides is 3. The van der Waals surface area contributed by atoms with Crippen molar-refractivity contribution in [1.82, 2.24) is 15.2 Å². The molecule has 3 unspecified atom stereocenters. The first-order chi connectivity index (χ1) is 24.4. The van der Waals surface area contributed by atoms with Gasteiger partial charge in [-0.3, -0.25) is 38.5 Å². The molecule has 2 heterocycles. The maximum atomic E-state index is 15.7. The van der Waals surface area contributed by atoms with E-state index in [1.54, 1.807) is 0 Å². The number of halogens is 3. The summed E-state index contributed by atoms with van der Waals surface area (Å²) in [5, 5.41) is 7.94. The molecule has 18 nitrogen and oxygen atoms in total. The highest BCUT2D eigenvalue weighted by atomic mass is 31.2. The lowest BCUT2D eigenvalue weighted by atomic mass is 9.90. The van der Waals surface area contributed by atoms with E-state index in [0.29, 0.717) is 17.9 Å². The highest BCUT2D eigenvalue weighted by Crippen LogP contribution is 2.70. The first-order valence-electron chi connectivity index (χ1n) is 15.8. The molecule has 0 radical (unpaired) electrons. The summed E-state index contributed by atoms with van der Waals surface area (Å²) in [6, 6.07) is -0.648. The summed E-state index contributed by atoms with van der Waals surface area (Å²) in [6.45, 7) is 2.05. The van der Waals surface area contributed by atoms with Crippen molar-refractivity contribution in [2.24, 2.45) is 23.5 Å². The van der Waals surface area contributed by atoms with Crippen molar-refractivity contribution in [2.75, 3.05) is 11.4 Å². The van der Waals surface area contributed by atoms with Gasteiger partial charge in [0.25, 0.3) is 0 Å². The summed E-state index contributed by atoms with van der Waals surface area (Å²) in [5.41, 5.74) is 4.45. The molecule has 288 valence electrons. The summed E-state index contributed by atoms with van der Waals surface area (Å²) in [6.07, 6.45) is -1.70. The number of nitrogens with zero attached hydrogens (tertiary/aromatic N) is 3. The van der Waals surface area contributed by atoms with Crippen LogP contribution in [0.3, 0.4) is 0 Å². The molecule has 0 saturated heterocycles. The SMILES string of the molecule is CC(C(=O)NC(=O)[C@H](C)N)N(C(=O)OC(C)(P(=O)(O)O)P(=O)(O)O)[C@H]1[C@@H]2CC(c3nc4c(cc3F)C(=O)C(C(=O)O)CN4c3ccc(F)cc3F)C[C@@H]21.